The summed E-state index contributed by atoms with van der Waals surface area (Å²) in [4.78, 5) is 16.4. The largest absolute Gasteiger partial charge is 0.497 e. The number of quaternary nitrogens is 1. The van der Waals surface area contributed by atoms with Crippen molar-refractivity contribution in [2.45, 2.75) is 13.0 Å². The Morgan fingerprint density at radius 2 is 1.86 bits per heavy atom. The fourth-order valence-electron chi connectivity index (χ4n) is 3.85. The zero-order chi connectivity index (χ0) is 20.2. The van der Waals surface area contributed by atoms with E-state index in [1.807, 2.05) is 37.3 Å². The molecule has 0 aliphatic carbocycles. The molecule has 2 aromatic rings. The molecule has 0 bridgehead atoms. The molecule has 2 heterocycles. The molecular formula is C22H28N3O4+. The van der Waals surface area contributed by atoms with Crippen LogP contribution in [0, 0.1) is 0 Å². The number of nitrogens with one attached hydrogen (secondary N) is 2. The van der Waals surface area contributed by atoms with Gasteiger partial charge in [-0.05, 0) is 31.2 Å². The van der Waals surface area contributed by atoms with E-state index in [0.29, 0.717) is 19.0 Å². The molecule has 0 aromatic heterocycles. The number of hydrogen-bond acceptors (Lipinski definition) is 5. The summed E-state index contributed by atoms with van der Waals surface area (Å²) in [7, 11) is 1.68. The number of piperazine rings is 1. The number of fused-ring (bicyclic) bond motifs is 1. The third-order valence-corrected chi connectivity index (χ3v) is 5.64. The van der Waals surface area contributed by atoms with Gasteiger partial charge in [-0.15, -0.1) is 0 Å². The first-order valence-electron chi connectivity index (χ1n) is 10.1. The Balaban J connectivity index is 1.33. The number of methoxy groups -OCH3 is 1. The van der Waals surface area contributed by atoms with Crippen molar-refractivity contribution in [3.8, 4) is 17.2 Å². The molecule has 1 fully saturated rings. The minimum atomic E-state index is -0.129. The van der Waals surface area contributed by atoms with Gasteiger partial charge in [0.25, 0.3) is 5.91 Å². The quantitative estimate of drug-likeness (QED) is 0.793. The summed E-state index contributed by atoms with van der Waals surface area (Å²) >= 11 is 0. The monoisotopic (exact) mass is 398 g/mol. The van der Waals surface area contributed by atoms with E-state index in [1.54, 1.807) is 7.11 Å². The molecule has 2 aliphatic heterocycles. The number of amides is 1. The Kier molecular flexibility index (Phi) is 5.76. The second kappa shape index (κ2) is 8.61. The minimum Gasteiger partial charge on any atom is -0.497 e. The van der Waals surface area contributed by atoms with E-state index >= 15 is 0 Å². The first kappa shape index (κ1) is 19.4. The maximum Gasteiger partial charge on any atom is 0.282 e. The van der Waals surface area contributed by atoms with Crippen LogP contribution in [0.25, 0.3) is 0 Å². The average molecular weight is 398 g/mol. The summed E-state index contributed by atoms with van der Waals surface area (Å²) < 4.78 is 16.5. The topological polar surface area (TPSA) is 64.5 Å². The Hall–Kier alpha value is -2.93. The number of carbonyl (C=O) groups is 1. The highest BCUT2D eigenvalue weighted by molar-refractivity contribution is 5.94. The van der Waals surface area contributed by atoms with E-state index in [-0.39, 0.29) is 11.9 Å². The van der Waals surface area contributed by atoms with Crippen LogP contribution < -0.4 is 29.3 Å². The summed E-state index contributed by atoms with van der Waals surface area (Å²) in [6.07, 6.45) is 0. The summed E-state index contributed by atoms with van der Waals surface area (Å²) in [6, 6.07) is 13.5. The fourth-order valence-corrected chi connectivity index (χ4v) is 3.85. The van der Waals surface area contributed by atoms with Crippen LogP contribution in [0.4, 0.5) is 11.4 Å². The molecule has 154 valence electrons. The number of hydrogen-bond donors (Lipinski definition) is 2. The third kappa shape index (κ3) is 4.40. The third-order valence-electron chi connectivity index (χ3n) is 5.64. The van der Waals surface area contributed by atoms with Crippen LogP contribution in [0.1, 0.15) is 6.92 Å². The molecule has 2 aromatic carbocycles. The van der Waals surface area contributed by atoms with Crippen molar-refractivity contribution < 1.29 is 23.9 Å². The standard InChI is InChI=1S/C22H27N3O4/c1-16(22(26)23-17-6-7-20-21(14-17)29-13-12-28-20)24-8-10-25(11-9-24)18-4-3-5-19(15-18)27-2/h3-7,14-16H,8-13H2,1-2H3,(H,23,26)/p+1/t16-/m0/s1. The van der Waals surface area contributed by atoms with Gasteiger partial charge in [0.2, 0.25) is 0 Å². The maximum absolute atomic E-state index is 12.8. The van der Waals surface area contributed by atoms with Gasteiger partial charge in [-0.1, -0.05) is 6.07 Å². The van der Waals surface area contributed by atoms with Gasteiger partial charge in [-0.2, -0.15) is 0 Å². The van der Waals surface area contributed by atoms with E-state index in [1.165, 1.54) is 4.90 Å². The predicted octanol–water partition coefficient (Wildman–Crippen LogP) is 1.20. The van der Waals surface area contributed by atoms with Gasteiger partial charge in [0, 0.05) is 23.5 Å². The van der Waals surface area contributed by atoms with Crippen LogP contribution in [-0.4, -0.2) is 58.5 Å². The van der Waals surface area contributed by atoms with Gasteiger partial charge >= 0.3 is 0 Å². The zero-order valence-corrected chi connectivity index (χ0v) is 16.9. The molecule has 7 heteroatoms. The lowest BCUT2D eigenvalue weighted by molar-refractivity contribution is -0.914. The Morgan fingerprint density at radius 1 is 1.10 bits per heavy atom. The van der Waals surface area contributed by atoms with Crippen LogP contribution in [0.2, 0.25) is 0 Å². The molecule has 0 radical (unpaired) electrons. The van der Waals surface area contributed by atoms with Crippen molar-refractivity contribution in [1.29, 1.82) is 0 Å². The van der Waals surface area contributed by atoms with E-state index in [2.05, 4.69) is 22.3 Å². The number of anilines is 2. The van der Waals surface area contributed by atoms with Gasteiger partial charge in [0.05, 0.1) is 33.3 Å². The summed E-state index contributed by atoms with van der Waals surface area (Å²) in [6.45, 7) is 6.71. The average Bonchev–Trinajstić information content (AvgIpc) is 2.78. The van der Waals surface area contributed by atoms with Crippen LogP contribution in [-0.2, 0) is 4.79 Å². The molecule has 2 N–H and O–H groups in total. The van der Waals surface area contributed by atoms with Gasteiger partial charge in [0.1, 0.15) is 19.0 Å². The van der Waals surface area contributed by atoms with Crippen molar-refractivity contribution in [1.82, 2.24) is 0 Å². The molecule has 4 rings (SSSR count). The van der Waals surface area contributed by atoms with E-state index < -0.39 is 0 Å². The molecule has 0 saturated carbocycles. The van der Waals surface area contributed by atoms with Gasteiger partial charge in [-0.3, -0.25) is 4.79 Å². The Labute approximate surface area is 171 Å². The fraction of sp³-hybridized carbons (Fsp3) is 0.409. The van der Waals surface area contributed by atoms with Crippen LogP contribution in [0.3, 0.4) is 0 Å². The molecule has 29 heavy (non-hydrogen) atoms. The van der Waals surface area contributed by atoms with Crippen LogP contribution >= 0.6 is 0 Å². The van der Waals surface area contributed by atoms with E-state index in [0.717, 1.165) is 49.1 Å². The number of ether oxygens (including phenoxy) is 3. The minimum absolute atomic E-state index is 0.0199. The van der Waals surface area contributed by atoms with Gasteiger partial charge in [-0.25, -0.2) is 0 Å². The first-order valence-corrected chi connectivity index (χ1v) is 10.1. The number of carbonyl (C=O) groups excluding carboxylic acids is 1. The molecule has 2 aliphatic rings. The van der Waals surface area contributed by atoms with Crippen molar-refractivity contribution in [3.63, 3.8) is 0 Å². The van der Waals surface area contributed by atoms with E-state index in [9.17, 15) is 4.79 Å². The summed E-state index contributed by atoms with van der Waals surface area (Å²) in [5.41, 5.74) is 1.90. The SMILES string of the molecule is COc1cccc(N2CC[NH+]([C@@H](C)C(=O)Nc3ccc4c(c3)OCCO4)CC2)c1. The van der Waals surface area contributed by atoms with Crippen molar-refractivity contribution >= 4 is 17.3 Å². The number of nitrogens with zero attached hydrogens (tertiary/aromatic N) is 1. The maximum atomic E-state index is 12.8. The molecule has 7 nitrogen and oxygen atoms in total. The smallest absolute Gasteiger partial charge is 0.282 e. The summed E-state index contributed by atoms with van der Waals surface area (Å²) in [5, 5.41) is 3.02. The van der Waals surface area contributed by atoms with Crippen molar-refractivity contribution in [3.05, 3.63) is 42.5 Å². The van der Waals surface area contributed by atoms with Crippen LogP contribution in [0.5, 0.6) is 17.2 Å². The lowest BCUT2D eigenvalue weighted by Gasteiger charge is -2.36. The molecule has 0 unspecified atom stereocenters. The van der Waals surface area contributed by atoms with Gasteiger partial charge in [0.15, 0.2) is 17.5 Å². The second-order valence-corrected chi connectivity index (χ2v) is 7.42. The highest BCUT2D eigenvalue weighted by Crippen LogP contribution is 2.32. The lowest BCUT2D eigenvalue weighted by Crippen LogP contribution is -3.19. The molecule has 1 atom stereocenters. The number of rotatable bonds is 5. The second-order valence-electron chi connectivity index (χ2n) is 7.42. The highest BCUT2D eigenvalue weighted by atomic mass is 16.6. The molecule has 1 saturated heterocycles. The molecular weight excluding hydrogens is 370 g/mol. The highest BCUT2D eigenvalue weighted by Gasteiger charge is 2.29. The lowest BCUT2D eigenvalue weighted by atomic mass is 10.2. The summed E-state index contributed by atoms with van der Waals surface area (Å²) in [5.74, 6) is 2.29. The first-order chi connectivity index (χ1) is 14.1. The van der Waals surface area contributed by atoms with Crippen molar-refractivity contribution in [2.24, 2.45) is 0 Å². The Bertz CT molecular complexity index is 865. The van der Waals surface area contributed by atoms with Crippen molar-refractivity contribution in [2.75, 3.05) is 56.7 Å². The number of benzene rings is 2. The zero-order valence-electron chi connectivity index (χ0n) is 16.9. The molecule has 0 spiro atoms. The normalized spacial score (nSPS) is 17.5. The molecule has 1 amide bonds. The van der Waals surface area contributed by atoms with Gasteiger partial charge < -0.3 is 29.3 Å². The van der Waals surface area contributed by atoms with E-state index in [4.69, 9.17) is 14.2 Å². The van der Waals surface area contributed by atoms with Crippen LogP contribution in [0.15, 0.2) is 42.5 Å². The predicted molar refractivity (Wildman–Crippen MR) is 111 cm³/mol. The Morgan fingerprint density at radius 3 is 2.62 bits per heavy atom.